The van der Waals surface area contributed by atoms with E-state index >= 15 is 0 Å². The average molecular weight is 186 g/mol. The smallest absolute Gasteiger partial charge is 0.0934 e. The van der Waals surface area contributed by atoms with E-state index in [0.717, 1.165) is 38.4 Å². The highest BCUT2D eigenvalue weighted by Crippen LogP contribution is 1.93. The van der Waals surface area contributed by atoms with E-state index in [2.05, 4.69) is 18.8 Å². The SMILES string of the molecule is CCC(N)=NCCCOCC(C)C. The van der Waals surface area contributed by atoms with E-state index in [9.17, 15) is 0 Å². The van der Waals surface area contributed by atoms with Crippen LogP contribution in [0.2, 0.25) is 0 Å². The van der Waals surface area contributed by atoms with Gasteiger partial charge in [-0.2, -0.15) is 0 Å². The van der Waals surface area contributed by atoms with E-state index in [4.69, 9.17) is 10.5 Å². The van der Waals surface area contributed by atoms with Crippen LogP contribution in [0.5, 0.6) is 0 Å². The summed E-state index contributed by atoms with van der Waals surface area (Å²) in [4.78, 5) is 4.17. The van der Waals surface area contributed by atoms with Gasteiger partial charge in [-0.3, -0.25) is 4.99 Å². The average Bonchev–Trinajstić information content (AvgIpc) is 2.10. The zero-order valence-electron chi connectivity index (χ0n) is 9.05. The highest BCUT2D eigenvalue weighted by molar-refractivity contribution is 5.79. The maximum absolute atomic E-state index is 5.55. The molecule has 0 heterocycles. The zero-order chi connectivity index (χ0) is 10.1. The molecule has 0 saturated heterocycles. The number of nitrogens with zero attached hydrogens (tertiary/aromatic N) is 1. The van der Waals surface area contributed by atoms with Crippen molar-refractivity contribution in [2.24, 2.45) is 16.6 Å². The van der Waals surface area contributed by atoms with Crippen LogP contribution in [-0.4, -0.2) is 25.6 Å². The van der Waals surface area contributed by atoms with Gasteiger partial charge in [-0.25, -0.2) is 0 Å². The van der Waals surface area contributed by atoms with E-state index in [1.54, 1.807) is 0 Å². The number of ether oxygens (including phenoxy) is 1. The summed E-state index contributed by atoms with van der Waals surface area (Å²) in [6.07, 6.45) is 1.81. The second-order valence-electron chi connectivity index (χ2n) is 3.55. The van der Waals surface area contributed by atoms with Gasteiger partial charge in [-0.15, -0.1) is 0 Å². The van der Waals surface area contributed by atoms with Crippen molar-refractivity contribution in [3.05, 3.63) is 0 Å². The first kappa shape index (κ1) is 12.4. The van der Waals surface area contributed by atoms with Crippen molar-refractivity contribution >= 4 is 5.84 Å². The van der Waals surface area contributed by atoms with Gasteiger partial charge < -0.3 is 10.5 Å². The first-order chi connectivity index (χ1) is 6.16. The monoisotopic (exact) mass is 186 g/mol. The van der Waals surface area contributed by atoms with Crippen molar-refractivity contribution in [2.45, 2.75) is 33.6 Å². The predicted octanol–water partition coefficient (Wildman–Crippen LogP) is 1.82. The van der Waals surface area contributed by atoms with E-state index in [1.165, 1.54) is 0 Å². The quantitative estimate of drug-likeness (QED) is 0.374. The fraction of sp³-hybridized carbons (Fsp3) is 0.900. The minimum absolute atomic E-state index is 0.615. The first-order valence-corrected chi connectivity index (χ1v) is 5.03. The lowest BCUT2D eigenvalue weighted by Crippen LogP contribution is -2.11. The first-order valence-electron chi connectivity index (χ1n) is 5.03. The third-order valence-electron chi connectivity index (χ3n) is 1.58. The van der Waals surface area contributed by atoms with Crippen molar-refractivity contribution < 1.29 is 4.74 Å². The molecular formula is C10H22N2O. The zero-order valence-corrected chi connectivity index (χ0v) is 9.05. The summed E-state index contributed by atoms with van der Waals surface area (Å²) in [5.74, 6) is 1.35. The van der Waals surface area contributed by atoms with Gasteiger partial charge in [0.1, 0.15) is 0 Å². The molecule has 13 heavy (non-hydrogen) atoms. The van der Waals surface area contributed by atoms with Crippen LogP contribution in [0.4, 0.5) is 0 Å². The topological polar surface area (TPSA) is 47.6 Å². The number of hydrogen-bond donors (Lipinski definition) is 1. The molecule has 0 saturated carbocycles. The van der Waals surface area contributed by atoms with Crippen LogP contribution in [0, 0.1) is 5.92 Å². The molecule has 0 bridgehead atoms. The summed E-state index contributed by atoms with van der Waals surface area (Å²) in [5, 5.41) is 0. The molecule has 0 aromatic heterocycles. The Morgan fingerprint density at radius 2 is 2.15 bits per heavy atom. The van der Waals surface area contributed by atoms with Crippen LogP contribution in [-0.2, 0) is 4.74 Å². The van der Waals surface area contributed by atoms with Crippen molar-refractivity contribution in [3.8, 4) is 0 Å². The van der Waals surface area contributed by atoms with Gasteiger partial charge >= 0.3 is 0 Å². The minimum Gasteiger partial charge on any atom is -0.387 e. The van der Waals surface area contributed by atoms with Crippen molar-refractivity contribution in [1.82, 2.24) is 0 Å². The molecule has 0 amide bonds. The Labute approximate surface area is 81.4 Å². The summed E-state index contributed by atoms with van der Waals surface area (Å²) in [7, 11) is 0. The van der Waals surface area contributed by atoms with E-state index in [-0.39, 0.29) is 0 Å². The van der Waals surface area contributed by atoms with Gasteiger partial charge in [0, 0.05) is 26.2 Å². The molecule has 0 unspecified atom stereocenters. The third-order valence-corrected chi connectivity index (χ3v) is 1.58. The number of hydrogen-bond acceptors (Lipinski definition) is 2. The van der Waals surface area contributed by atoms with Crippen molar-refractivity contribution in [1.29, 1.82) is 0 Å². The van der Waals surface area contributed by atoms with Crippen LogP contribution in [0.1, 0.15) is 33.6 Å². The highest BCUT2D eigenvalue weighted by Gasteiger charge is 1.93. The Balaban J connectivity index is 3.17. The fourth-order valence-corrected chi connectivity index (χ4v) is 0.820. The normalized spacial score (nSPS) is 12.5. The third kappa shape index (κ3) is 9.34. The molecule has 0 aromatic rings. The lowest BCUT2D eigenvalue weighted by atomic mass is 10.2. The molecule has 0 fully saturated rings. The maximum atomic E-state index is 5.55. The molecule has 0 aliphatic carbocycles. The van der Waals surface area contributed by atoms with Gasteiger partial charge in [0.05, 0.1) is 5.84 Å². The molecule has 0 aliphatic heterocycles. The summed E-state index contributed by atoms with van der Waals surface area (Å²) in [5.41, 5.74) is 5.55. The Morgan fingerprint density at radius 1 is 1.46 bits per heavy atom. The molecule has 3 nitrogen and oxygen atoms in total. The molecule has 0 atom stereocenters. The molecule has 2 N–H and O–H groups in total. The van der Waals surface area contributed by atoms with Crippen LogP contribution in [0.25, 0.3) is 0 Å². The van der Waals surface area contributed by atoms with Crippen molar-refractivity contribution in [3.63, 3.8) is 0 Å². The van der Waals surface area contributed by atoms with Gasteiger partial charge in [-0.05, 0) is 12.3 Å². The summed E-state index contributed by atoms with van der Waals surface area (Å²) in [6, 6.07) is 0. The van der Waals surface area contributed by atoms with Gasteiger partial charge in [0.2, 0.25) is 0 Å². The number of rotatable bonds is 7. The molecule has 0 radical (unpaired) electrons. The van der Waals surface area contributed by atoms with E-state index in [1.807, 2.05) is 6.92 Å². The fourth-order valence-electron chi connectivity index (χ4n) is 0.820. The maximum Gasteiger partial charge on any atom is 0.0934 e. The van der Waals surface area contributed by atoms with Gasteiger partial charge in [-0.1, -0.05) is 20.8 Å². The summed E-state index contributed by atoms with van der Waals surface area (Å²) in [6.45, 7) is 8.72. The molecule has 0 rings (SSSR count). The van der Waals surface area contributed by atoms with Gasteiger partial charge in [0.25, 0.3) is 0 Å². The van der Waals surface area contributed by atoms with E-state index in [0.29, 0.717) is 5.92 Å². The second kappa shape index (κ2) is 8.05. The number of aliphatic imine (C=N–C) groups is 1. The van der Waals surface area contributed by atoms with Crippen LogP contribution >= 0.6 is 0 Å². The Kier molecular flexibility index (Phi) is 7.69. The van der Waals surface area contributed by atoms with Crippen LogP contribution < -0.4 is 5.73 Å². The molecule has 78 valence electrons. The van der Waals surface area contributed by atoms with E-state index < -0.39 is 0 Å². The van der Waals surface area contributed by atoms with Crippen molar-refractivity contribution in [2.75, 3.05) is 19.8 Å². The van der Waals surface area contributed by atoms with Crippen LogP contribution in [0.3, 0.4) is 0 Å². The lowest BCUT2D eigenvalue weighted by molar-refractivity contribution is 0.109. The largest absolute Gasteiger partial charge is 0.387 e. The Bertz CT molecular complexity index is 144. The lowest BCUT2D eigenvalue weighted by Gasteiger charge is -2.05. The van der Waals surface area contributed by atoms with Crippen LogP contribution in [0.15, 0.2) is 4.99 Å². The molecular weight excluding hydrogens is 164 g/mol. The Hall–Kier alpha value is -0.570. The summed E-state index contributed by atoms with van der Waals surface area (Å²) < 4.78 is 5.40. The Morgan fingerprint density at radius 3 is 2.69 bits per heavy atom. The summed E-state index contributed by atoms with van der Waals surface area (Å²) >= 11 is 0. The second-order valence-corrected chi connectivity index (χ2v) is 3.55. The molecule has 3 heteroatoms. The number of amidine groups is 1. The standard InChI is InChI=1S/C10H22N2O/c1-4-10(11)12-6-5-7-13-8-9(2)3/h9H,4-8H2,1-3H3,(H2,11,12). The molecule has 0 aliphatic rings. The van der Waals surface area contributed by atoms with Gasteiger partial charge in [0.15, 0.2) is 0 Å². The number of nitrogens with two attached hydrogens (primary N) is 1. The predicted molar refractivity (Wildman–Crippen MR) is 57.1 cm³/mol. The molecule has 0 aromatic carbocycles. The highest BCUT2D eigenvalue weighted by atomic mass is 16.5. The minimum atomic E-state index is 0.615. The molecule has 0 spiro atoms.